The quantitative estimate of drug-likeness (QED) is 0.566. The molecule has 1 atom stereocenters. The highest BCUT2D eigenvalue weighted by molar-refractivity contribution is 7.91. The smallest absolute Gasteiger partial charge is 0.331 e. The van der Waals surface area contributed by atoms with E-state index in [1.165, 1.54) is 31.2 Å². The van der Waals surface area contributed by atoms with Crippen molar-refractivity contribution in [1.82, 2.24) is 4.90 Å². The summed E-state index contributed by atoms with van der Waals surface area (Å²) in [6.07, 6.45) is 3.00. The molecule has 8 nitrogen and oxygen atoms in total. The number of esters is 1. The number of hydrogen-bond acceptors (Lipinski definition) is 7. The summed E-state index contributed by atoms with van der Waals surface area (Å²) in [7, 11) is -0.183. The van der Waals surface area contributed by atoms with Crippen molar-refractivity contribution < 1.29 is 32.6 Å². The van der Waals surface area contributed by atoms with Crippen LogP contribution in [0.1, 0.15) is 12.0 Å². The van der Waals surface area contributed by atoms with Gasteiger partial charge >= 0.3 is 5.97 Å². The third-order valence-electron chi connectivity index (χ3n) is 4.10. The Hall–Kier alpha value is -2.55. The number of phenols is 1. The van der Waals surface area contributed by atoms with Gasteiger partial charge in [-0.05, 0) is 30.2 Å². The highest BCUT2D eigenvalue weighted by atomic mass is 32.2. The van der Waals surface area contributed by atoms with E-state index in [-0.39, 0.29) is 29.0 Å². The number of carbonyl (C=O) groups excluding carboxylic acids is 2. The highest BCUT2D eigenvalue weighted by Gasteiger charge is 2.32. The number of rotatable bonds is 6. The number of benzene rings is 1. The molecule has 26 heavy (non-hydrogen) atoms. The fourth-order valence-electron chi connectivity index (χ4n) is 2.53. The second-order valence-electron chi connectivity index (χ2n) is 5.93. The van der Waals surface area contributed by atoms with Crippen LogP contribution in [-0.4, -0.2) is 68.6 Å². The molecule has 1 unspecified atom stereocenters. The van der Waals surface area contributed by atoms with Gasteiger partial charge in [-0.2, -0.15) is 0 Å². The molecule has 1 aliphatic heterocycles. The van der Waals surface area contributed by atoms with Crippen LogP contribution in [0.2, 0.25) is 0 Å². The SMILES string of the molecule is COc1cc(C=CC(=O)OCC(=O)N(C)C2CCS(=O)(=O)C2)ccc1O. The van der Waals surface area contributed by atoms with Gasteiger partial charge in [-0.3, -0.25) is 4.79 Å². The number of aromatic hydroxyl groups is 1. The van der Waals surface area contributed by atoms with Crippen LogP contribution in [0.4, 0.5) is 0 Å². The van der Waals surface area contributed by atoms with E-state index in [0.29, 0.717) is 12.0 Å². The molecule has 1 amide bonds. The molecule has 1 aromatic carbocycles. The largest absolute Gasteiger partial charge is 0.504 e. The first kappa shape index (κ1) is 19.8. The summed E-state index contributed by atoms with van der Waals surface area (Å²) in [4.78, 5) is 25.1. The summed E-state index contributed by atoms with van der Waals surface area (Å²) in [5, 5.41) is 9.51. The predicted molar refractivity (Wildman–Crippen MR) is 94.5 cm³/mol. The van der Waals surface area contributed by atoms with E-state index in [4.69, 9.17) is 9.47 Å². The van der Waals surface area contributed by atoms with Crippen molar-refractivity contribution in [2.45, 2.75) is 12.5 Å². The molecule has 0 radical (unpaired) electrons. The van der Waals surface area contributed by atoms with Crippen molar-refractivity contribution in [3.8, 4) is 11.5 Å². The molecular formula is C17H21NO7S. The Morgan fingerprint density at radius 1 is 1.38 bits per heavy atom. The molecule has 1 heterocycles. The zero-order valence-corrected chi connectivity index (χ0v) is 15.4. The first-order valence-electron chi connectivity index (χ1n) is 7.90. The number of ether oxygens (including phenoxy) is 2. The molecule has 9 heteroatoms. The molecule has 2 rings (SSSR count). The first-order chi connectivity index (χ1) is 12.2. The van der Waals surface area contributed by atoms with Crippen LogP contribution in [0.3, 0.4) is 0 Å². The van der Waals surface area contributed by atoms with Crippen molar-refractivity contribution in [1.29, 1.82) is 0 Å². The Morgan fingerprint density at radius 3 is 2.73 bits per heavy atom. The molecular weight excluding hydrogens is 362 g/mol. The predicted octanol–water partition coefficient (Wildman–Crippen LogP) is 0.603. The van der Waals surface area contributed by atoms with Gasteiger partial charge in [0.2, 0.25) is 0 Å². The Balaban J connectivity index is 1.85. The van der Waals surface area contributed by atoms with Gasteiger partial charge in [0.1, 0.15) is 0 Å². The molecule has 1 fully saturated rings. The molecule has 0 bridgehead atoms. The average Bonchev–Trinajstić information content (AvgIpc) is 2.98. The molecule has 1 aromatic rings. The molecule has 0 aliphatic carbocycles. The Bertz CT molecular complexity index is 816. The van der Waals surface area contributed by atoms with Crippen LogP contribution in [0, 0.1) is 0 Å². The minimum atomic E-state index is -3.09. The topological polar surface area (TPSA) is 110 Å². The van der Waals surface area contributed by atoms with Gasteiger partial charge in [-0.15, -0.1) is 0 Å². The molecule has 142 valence electrons. The lowest BCUT2D eigenvalue weighted by Gasteiger charge is -2.22. The van der Waals surface area contributed by atoms with Crippen molar-refractivity contribution in [3.63, 3.8) is 0 Å². The number of sulfone groups is 1. The Kier molecular flexibility index (Phi) is 6.25. The van der Waals surface area contributed by atoms with Crippen LogP contribution in [-0.2, 0) is 24.2 Å². The summed E-state index contributed by atoms with van der Waals surface area (Å²) in [5.74, 6) is -0.920. The number of likely N-dealkylation sites (N-methyl/N-ethyl adjacent to an activating group) is 1. The van der Waals surface area contributed by atoms with Gasteiger partial charge in [0.05, 0.1) is 18.6 Å². The van der Waals surface area contributed by atoms with Crippen LogP contribution in [0.5, 0.6) is 11.5 Å². The lowest BCUT2D eigenvalue weighted by molar-refractivity contribution is -0.148. The van der Waals surface area contributed by atoms with Gasteiger partial charge in [0.15, 0.2) is 27.9 Å². The molecule has 0 saturated carbocycles. The van der Waals surface area contributed by atoms with Crippen molar-refractivity contribution in [2.75, 3.05) is 32.3 Å². The molecule has 1 aliphatic rings. The third-order valence-corrected chi connectivity index (χ3v) is 5.85. The van der Waals surface area contributed by atoms with Crippen molar-refractivity contribution in [2.24, 2.45) is 0 Å². The number of methoxy groups -OCH3 is 1. The van der Waals surface area contributed by atoms with E-state index in [0.717, 1.165) is 6.08 Å². The van der Waals surface area contributed by atoms with Gasteiger partial charge in [0.25, 0.3) is 5.91 Å². The summed E-state index contributed by atoms with van der Waals surface area (Å²) in [6, 6.07) is 4.17. The molecule has 1 N–H and O–H groups in total. The number of amides is 1. The molecule has 0 spiro atoms. The maximum atomic E-state index is 12.0. The average molecular weight is 383 g/mol. The first-order valence-corrected chi connectivity index (χ1v) is 9.72. The lowest BCUT2D eigenvalue weighted by Crippen LogP contribution is -2.40. The second kappa shape index (κ2) is 8.22. The molecule has 1 saturated heterocycles. The number of hydrogen-bond donors (Lipinski definition) is 1. The summed E-state index contributed by atoms with van der Waals surface area (Å²) >= 11 is 0. The zero-order chi connectivity index (χ0) is 19.3. The lowest BCUT2D eigenvalue weighted by atomic mass is 10.2. The fraction of sp³-hybridized carbons (Fsp3) is 0.412. The van der Waals surface area contributed by atoms with Gasteiger partial charge in [0, 0.05) is 19.2 Å². The number of phenolic OH excluding ortho intramolecular Hbond substituents is 1. The van der Waals surface area contributed by atoms with Crippen LogP contribution in [0.15, 0.2) is 24.3 Å². The van der Waals surface area contributed by atoms with E-state index in [9.17, 15) is 23.1 Å². The zero-order valence-electron chi connectivity index (χ0n) is 14.5. The van der Waals surface area contributed by atoms with Crippen LogP contribution < -0.4 is 4.74 Å². The van der Waals surface area contributed by atoms with E-state index in [1.54, 1.807) is 12.1 Å². The fourth-order valence-corrected chi connectivity index (χ4v) is 4.30. The third kappa shape index (κ3) is 5.22. The van der Waals surface area contributed by atoms with Gasteiger partial charge < -0.3 is 19.5 Å². The molecule has 0 aromatic heterocycles. The van der Waals surface area contributed by atoms with Crippen LogP contribution >= 0.6 is 0 Å². The Morgan fingerprint density at radius 2 is 2.12 bits per heavy atom. The van der Waals surface area contributed by atoms with Gasteiger partial charge in [-0.1, -0.05) is 6.07 Å². The minimum Gasteiger partial charge on any atom is -0.504 e. The maximum absolute atomic E-state index is 12.0. The summed E-state index contributed by atoms with van der Waals surface area (Å²) in [5.41, 5.74) is 0.608. The highest BCUT2D eigenvalue weighted by Crippen LogP contribution is 2.26. The standard InChI is InChI=1S/C17H21NO7S/c1-18(13-7-8-26(22,23)11-13)16(20)10-25-17(21)6-4-12-3-5-14(19)15(9-12)24-2/h3-6,9,13,19H,7-8,10-11H2,1-2H3. The van der Waals surface area contributed by atoms with Gasteiger partial charge in [-0.25, -0.2) is 13.2 Å². The normalized spacial score (nSPS) is 18.6. The number of nitrogens with zero attached hydrogens (tertiary/aromatic N) is 1. The van der Waals surface area contributed by atoms with E-state index >= 15 is 0 Å². The summed E-state index contributed by atoms with van der Waals surface area (Å²) in [6.45, 7) is -0.463. The Labute approximate surface area is 151 Å². The van der Waals surface area contributed by atoms with E-state index in [1.807, 2.05) is 0 Å². The summed E-state index contributed by atoms with van der Waals surface area (Å²) < 4.78 is 32.8. The van der Waals surface area contributed by atoms with E-state index in [2.05, 4.69) is 0 Å². The minimum absolute atomic E-state index is 0.0187. The second-order valence-corrected chi connectivity index (χ2v) is 8.16. The van der Waals surface area contributed by atoms with Crippen LogP contribution in [0.25, 0.3) is 6.08 Å². The van der Waals surface area contributed by atoms with E-state index < -0.39 is 28.3 Å². The maximum Gasteiger partial charge on any atom is 0.331 e. The monoisotopic (exact) mass is 383 g/mol. The van der Waals surface area contributed by atoms with Crippen molar-refractivity contribution >= 4 is 27.8 Å². The van der Waals surface area contributed by atoms with Crippen molar-refractivity contribution in [3.05, 3.63) is 29.8 Å². The number of carbonyl (C=O) groups is 2.